The zero-order chi connectivity index (χ0) is 29.1. The Labute approximate surface area is 242 Å². The third-order valence-electron chi connectivity index (χ3n) is 8.92. The number of aromatic nitrogens is 5. The van der Waals surface area contributed by atoms with Crippen molar-refractivity contribution < 1.29 is 22.7 Å². The van der Waals surface area contributed by atoms with E-state index in [2.05, 4.69) is 41.4 Å². The van der Waals surface area contributed by atoms with Crippen molar-refractivity contribution in [3.8, 4) is 17.8 Å². The Morgan fingerprint density at radius 1 is 1.21 bits per heavy atom. The first-order valence-electron chi connectivity index (χ1n) is 14.3. The summed E-state index contributed by atoms with van der Waals surface area (Å²) in [6, 6.07) is 5.94. The van der Waals surface area contributed by atoms with Crippen LogP contribution in [0.4, 0.5) is 5.82 Å². The number of amides is 1. The molecule has 4 saturated carbocycles. The molecule has 14 heteroatoms. The van der Waals surface area contributed by atoms with Gasteiger partial charge in [0.15, 0.2) is 21.4 Å². The van der Waals surface area contributed by atoms with Gasteiger partial charge in [-0.25, -0.2) is 13.4 Å². The third-order valence-corrected chi connectivity index (χ3v) is 9.47. The third kappa shape index (κ3) is 5.33. The number of sulfone groups is 1. The molecule has 8 rings (SSSR count). The van der Waals surface area contributed by atoms with E-state index in [9.17, 15) is 13.2 Å². The molecule has 42 heavy (non-hydrogen) atoms. The van der Waals surface area contributed by atoms with Crippen molar-refractivity contribution in [1.29, 1.82) is 5.26 Å². The number of piperidine rings is 1. The maximum absolute atomic E-state index is 13.2. The number of hydrogen-bond donors (Lipinski definition) is 2. The molecular weight excluding hydrogens is 560 g/mol. The number of hydrogen-bond acceptors (Lipinski definition) is 11. The van der Waals surface area contributed by atoms with E-state index in [1.807, 2.05) is 0 Å². The average Bonchev–Trinajstić information content (AvgIpc) is 3.59. The topological polar surface area (TPSA) is 176 Å². The lowest BCUT2D eigenvalue weighted by Gasteiger charge is -2.61. The first kappa shape index (κ1) is 26.9. The molecule has 0 radical (unpaired) electrons. The van der Waals surface area contributed by atoms with E-state index in [-0.39, 0.29) is 35.2 Å². The fraction of sp³-hybridized carbons (Fsp3) is 0.571. The number of anilines is 1. The molecule has 1 amide bonds. The van der Waals surface area contributed by atoms with Crippen LogP contribution in [0.1, 0.15) is 60.6 Å². The number of carbonyl (C=O) groups is 1. The van der Waals surface area contributed by atoms with Gasteiger partial charge in [-0.15, -0.1) is 0 Å². The summed E-state index contributed by atoms with van der Waals surface area (Å²) in [5.74, 6) is 1.45. The fourth-order valence-electron chi connectivity index (χ4n) is 6.31. The van der Waals surface area contributed by atoms with Gasteiger partial charge in [0.05, 0.1) is 30.5 Å². The number of pyridine rings is 1. The minimum Gasteiger partial charge on any atom is -0.476 e. The van der Waals surface area contributed by atoms with Crippen molar-refractivity contribution in [1.82, 2.24) is 30.5 Å². The molecule has 3 aromatic heterocycles. The number of aromatic amines is 1. The number of nitrogens with zero attached hydrogens (tertiary/aromatic N) is 6. The monoisotopic (exact) mass is 592 g/mol. The predicted molar refractivity (Wildman–Crippen MR) is 151 cm³/mol. The lowest BCUT2D eigenvalue weighted by Crippen LogP contribution is -2.68. The summed E-state index contributed by atoms with van der Waals surface area (Å²) >= 11 is 0. The standard InChI is InChI=1S/C28H32N8O5S/c1-42(38,39)15-41-20-7-21-24(34-35-25(21)30-13-20)17-2-4-36(5-3-17)23-8-22(26(37)33-28-9-16(10-28)11-28)31-27(32-23)40-14-19-6-18(19)12-29/h7-8,13,16-19H,2-6,9-11,14-15H2,1H3,(H,33,37)(H,30,34,35)/t16?,18-,19+,28?/m0/s1. The van der Waals surface area contributed by atoms with E-state index in [1.165, 1.54) is 6.20 Å². The van der Waals surface area contributed by atoms with Gasteiger partial charge >= 0.3 is 6.01 Å². The largest absolute Gasteiger partial charge is 0.476 e. The zero-order valence-electron chi connectivity index (χ0n) is 23.2. The van der Waals surface area contributed by atoms with Gasteiger partial charge in [0, 0.05) is 48.2 Å². The molecule has 220 valence electrons. The summed E-state index contributed by atoms with van der Waals surface area (Å²) in [5.41, 5.74) is 1.70. The molecule has 2 bridgehead atoms. The number of rotatable bonds is 10. The Bertz CT molecular complexity index is 1680. The average molecular weight is 593 g/mol. The van der Waals surface area contributed by atoms with Gasteiger partial charge in [0.1, 0.15) is 17.3 Å². The summed E-state index contributed by atoms with van der Waals surface area (Å²) in [5, 5.41) is 20.6. The molecule has 3 aromatic rings. The lowest BCUT2D eigenvalue weighted by atomic mass is 9.50. The molecule has 2 N–H and O–H groups in total. The SMILES string of the molecule is CS(=O)(=O)COc1cnc2[nH]nc(C3CCN(c4cc(C(=O)NC56CC(C5)C6)nc(OC[C@H]5C[C@H]5C#N)n4)CC3)c2c1. The van der Waals surface area contributed by atoms with E-state index in [0.717, 1.165) is 61.8 Å². The van der Waals surface area contributed by atoms with Gasteiger partial charge in [-0.05, 0) is 50.5 Å². The molecule has 5 aliphatic rings. The highest BCUT2D eigenvalue weighted by molar-refractivity contribution is 7.90. The van der Waals surface area contributed by atoms with E-state index < -0.39 is 15.8 Å². The van der Waals surface area contributed by atoms with Crippen LogP contribution in [0.5, 0.6) is 11.8 Å². The lowest BCUT2D eigenvalue weighted by molar-refractivity contribution is -0.0439. The molecule has 4 heterocycles. The highest BCUT2D eigenvalue weighted by Crippen LogP contribution is 2.57. The van der Waals surface area contributed by atoms with Gasteiger partial charge in [-0.2, -0.15) is 20.3 Å². The second-order valence-corrected chi connectivity index (χ2v) is 14.4. The van der Waals surface area contributed by atoms with Gasteiger partial charge in [-0.3, -0.25) is 9.89 Å². The number of ether oxygens (including phenoxy) is 2. The van der Waals surface area contributed by atoms with Crippen LogP contribution >= 0.6 is 0 Å². The van der Waals surface area contributed by atoms with Crippen LogP contribution in [0.2, 0.25) is 0 Å². The first-order chi connectivity index (χ1) is 20.2. The highest BCUT2D eigenvalue weighted by Gasteiger charge is 2.57. The van der Waals surface area contributed by atoms with Crippen LogP contribution < -0.4 is 19.7 Å². The van der Waals surface area contributed by atoms with Crippen molar-refractivity contribution in [2.75, 3.05) is 36.8 Å². The minimum absolute atomic E-state index is 0.00917. The second-order valence-electron chi connectivity index (χ2n) is 12.3. The summed E-state index contributed by atoms with van der Waals surface area (Å²) in [6.45, 7) is 1.71. The van der Waals surface area contributed by atoms with E-state index in [1.54, 1.807) is 12.1 Å². The molecular formula is C28H32N8O5S. The number of H-pyrrole nitrogens is 1. The molecule has 1 aliphatic heterocycles. The van der Waals surface area contributed by atoms with Crippen molar-refractivity contribution in [2.45, 2.75) is 50.0 Å². The Hall–Kier alpha value is -3.99. The quantitative estimate of drug-likeness (QED) is 0.353. The van der Waals surface area contributed by atoms with Gasteiger partial charge in [-0.1, -0.05) is 0 Å². The van der Waals surface area contributed by atoms with Crippen LogP contribution in [-0.4, -0.2) is 76.9 Å². The van der Waals surface area contributed by atoms with Gasteiger partial charge in [0.2, 0.25) is 0 Å². The maximum atomic E-state index is 13.2. The Morgan fingerprint density at radius 3 is 2.67 bits per heavy atom. The summed E-state index contributed by atoms with van der Waals surface area (Å²) in [6.07, 6.45) is 8.08. The number of carbonyl (C=O) groups excluding carboxylic acids is 1. The smallest absolute Gasteiger partial charge is 0.319 e. The highest BCUT2D eigenvalue weighted by atomic mass is 32.2. The number of nitrogens with one attached hydrogen (secondary N) is 2. The van der Waals surface area contributed by atoms with E-state index in [4.69, 9.17) is 14.7 Å². The normalized spacial score (nSPS) is 26.6. The molecule has 0 aromatic carbocycles. The number of nitriles is 1. The second kappa shape index (κ2) is 10.1. The van der Waals surface area contributed by atoms with Crippen LogP contribution in [0.3, 0.4) is 0 Å². The molecule has 2 atom stereocenters. The molecule has 4 aliphatic carbocycles. The summed E-state index contributed by atoms with van der Waals surface area (Å²) in [7, 11) is -3.29. The van der Waals surface area contributed by atoms with Crippen LogP contribution in [0, 0.1) is 29.1 Å². The van der Waals surface area contributed by atoms with Crippen molar-refractivity contribution >= 4 is 32.6 Å². The predicted octanol–water partition coefficient (Wildman–Crippen LogP) is 2.33. The zero-order valence-corrected chi connectivity index (χ0v) is 24.1. The van der Waals surface area contributed by atoms with E-state index >= 15 is 0 Å². The van der Waals surface area contributed by atoms with Gasteiger partial charge < -0.3 is 19.7 Å². The van der Waals surface area contributed by atoms with Crippen LogP contribution in [0.25, 0.3) is 11.0 Å². The summed E-state index contributed by atoms with van der Waals surface area (Å²) in [4.78, 5) is 28.8. The van der Waals surface area contributed by atoms with Crippen molar-refractivity contribution in [3.05, 3.63) is 29.7 Å². The maximum Gasteiger partial charge on any atom is 0.319 e. The Balaban J connectivity index is 1.06. The minimum atomic E-state index is -3.29. The van der Waals surface area contributed by atoms with Crippen molar-refractivity contribution in [3.63, 3.8) is 0 Å². The van der Waals surface area contributed by atoms with Crippen LogP contribution in [0.15, 0.2) is 18.3 Å². The Morgan fingerprint density at radius 2 is 2.00 bits per heavy atom. The van der Waals surface area contributed by atoms with Crippen molar-refractivity contribution in [2.24, 2.45) is 17.8 Å². The van der Waals surface area contributed by atoms with Gasteiger partial charge in [0.25, 0.3) is 5.91 Å². The molecule has 5 fully saturated rings. The van der Waals surface area contributed by atoms with Crippen LogP contribution in [-0.2, 0) is 9.84 Å². The Kier molecular flexibility index (Phi) is 6.45. The summed E-state index contributed by atoms with van der Waals surface area (Å²) < 4.78 is 34.3. The van der Waals surface area contributed by atoms with E-state index in [0.29, 0.717) is 42.6 Å². The number of fused-ring (bicyclic) bond motifs is 1. The molecule has 0 spiro atoms. The molecule has 1 saturated heterocycles. The fourth-order valence-corrected chi connectivity index (χ4v) is 6.66. The first-order valence-corrected chi connectivity index (χ1v) is 16.4. The molecule has 13 nitrogen and oxygen atoms in total. The molecule has 0 unspecified atom stereocenters.